The van der Waals surface area contributed by atoms with Gasteiger partial charge < -0.3 is 20.1 Å². The number of halogens is 1. The van der Waals surface area contributed by atoms with Gasteiger partial charge in [-0.2, -0.15) is 0 Å². The van der Waals surface area contributed by atoms with Gasteiger partial charge in [-0.25, -0.2) is 4.39 Å². The van der Waals surface area contributed by atoms with Gasteiger partial charge in [0.1, 0.15) is 12.4 Å². The minimum absolute atomic E-state index is 0.0302. The zero-order valence-corrected chi connectivity index (χ0v) is 12.3. The van der Waals surface area contributed by atoms with Crippen molar-refractivity contribution in [3.8, 4) is 0 Å². The minimum atomic E-state index is -0.914. The van der Waals surface area contributed by atoms with Crippen LogP contribution in [0, 0.1) is 5.82 Å². The van der Waals surface area contributed by atoms with Crippen LogP contribution in [0.15, 0.2) is 24.3 Å². The lowest BCUT2D eigenvalue weighted by Gasteiger charge is -2.38. The summed E-state index contributed by atoms with van der Waals surface area (Å²) >= 11 is 0. The maximum atomic E-state index is 13.5. The number of carbonyl (C=O) groups is 2. The van der Waals surface area contributed by atoms with Crippen molar-refractivity contribution in [3.63, 3.8) is 0 Å². The molecule has 2 rings (SSSR count). The fourth-order valence-electron chi connectivity index (χ4n) is 2.41. The van der Waals surface area contributed by atoms with Gasteiger partial charge in [0.05, 0.1) is 6.04 Å². The molecule has 2 amide bonds. The van der Waals surface area contributed by atoms with E-state index in [2.05, 4.69) is 5.32 Å². The molecule has 0 spiro atoms. The van der Waals surface area contributed by atoms with Gasteiger partial charge in [0.2, 0.25) is 5.91 Å². The van der Waals surface area contributed by atoms with E-state index < -0.39 is 18.0 Å². The number of amides is 2. The molecule has 22 heavy (non-hydrogen) atoms. The summed E-state index contributed by atoms with van der Waals surface area (Å²) in [5.74, 6) is -1.10. The Hall–Kier alpha value is -1.99. The number of likely N-dealkylation sites (N-methyl/N-ethyl adjacent to an activating group) is 1. The van der Waals surface area contributed by atoms with E-state index >= 15 is 0 Å². The van der Waals surface area contributed by atoms with Crippen molar-refractivity contribution >= 4 is 11.8 Å². The number of ether oxygens (including phenoxy) is 1. The molecule has 1 heterocycles. The second-order valence-electron chi connectivity index (χ2n) is 5.10. The molecule has 0 radical (unpaired) electrons. The van der Waals surface area contributed by atoms with Crippen LogP contribution in [0.25, 0.3) is 0 Å². The summed E-state index contributed by atoms with van der Waals surface area (Å²) < 4.78 is 18.8. The molecule has 0 aliphatic carbocycles. The summed E-state index contributed by atoms with van der Waals surface area (Å²) in [6, 6.07) is 5.08. The Morgan fingerprint density at radius 2 is 2.32 bits per heavy atom. The van der Waals surface area contributed by atoms with Gasteiger partial charge >= 0.3 is 0 Å². The minimum Gasteiger partial charge on any atom is -0.396 e. The number of hydrogen-bond acceptors (Lipinski definition) is 4. The highest BCUT2D eigenvalue weighted by molar-refractivity contribution is 5.86. The van der Waals surface area contributed by atoms with Crippen molar-refractivity contribution in [2.75, 3.05) is 26.8 Å². The molecule has 0 saturated carbocycles. The maximum Gasteiger partial charge on any atom is 0.251 e. The topological polar surface area (TPSA) is 78.9 Å². The molecule has 0 aromatic heterocycles. The van der Waals surface area contributed by atoms with E-state index in [0.717, 1.165) is 0 Å². The van der Waals surface area contributed by atoms with Gasteiger partial charge in [-0.1, -0.05) is 12.1 Å². The number of morpholine rings is 1. The SMILES string of the molecule is CN1C(=O)COC(C(=O)NCCCO)C1c1cccc(F)c1. The molecule has 7 heteroatoms. The van der Waals surface area contributed by atoms with Crippen molar-refractivity contribution in [2.24, 2.45) is 0 Å². The fraction of sp³-hybridized carbons (Fsp3) is 0.467. The summed E-state index contributed by atoms with van der Waals surface area (Å²) in [4.78, 5) is 25.5. The van der Waals surface area contributed by atoms with Crippen LogP contribution < -0.4 is 5.32 Å². The van der Waals surface area contributed by atoms with Crippen molar-refractivity contribution in [1.29, 1.82) is 0 Å². The molecule has 1 fully saturated rings. The third-order valence-electron chi connectivity index (χ3n) is 3.57. The quantitative estimate of drug-likeness (QED) is 0.763. The normalized spacial score (nSPS) is 21.8. The van der Waals surface area contributed by atoms with Crippen LogP contribution in [0.5, 0.6) is 0 Å². The Bertz CT molecular complexity index is 552. The lowest BCUT2D eigenvalue weighted by Crippen LogP contribution is -2.53. The summed E-state index contributed by atoms with van der Waals surface area (Å²) in [6.45, 7) is 0.0840. The van der Waals surface area contributed by atoms with Crippen molar-refractivity contribution in [2.45, 2.75) is 18.6 Å². The summed E-state index contributed by atoms with van der Waals surface area (Å²) in [6.07, 6.45) is -0.485. The highest BCUT2D eigenvalue weighted by atomic mass is 19.1. The number of aliphatic hydroxyl groups excluding tert-OH is 1. The summed E-state index contributed by atoms with van der Waals surface area (Å²) in [5, 5.41) is 11.4. The van der Waals surface area contributed by atoms with Crippen LogP contribution in [0.3, 0.4) is 0 Å². The van der Waals surface area contributed by atoms with Gasteiger partial charge in [0.15, 0.2) is 6.10 Å². The molecule has 2 atom stereocenters. The molecule has 1 aromatic rings. The first-order valence-electron chi connectivity index (χ1n) is 7.06. The molecule has 120 valence electrons. The number of nitrogens with one attached hydrogen (secondary N) is 1. The number of nitrogens with zero attached hydrogens (tertiary/aromatic N) is 1. The zero-order chi connectivity index (χ0) is 16.1. The largest absolute Gasteiger partial charge is 0.396 e. The van der Waals surface area contributed by atoms with Crippen molar-refractivity contribution in [1.82, 2.24) is 10.2 Å². The molecule has 1 aromatic carbocycles. The number of hydrogen-bond donors (Lipinski definition) is 2. The van der Waals surface area contributed by atoms with E-state index in [-0.39, 0.29) is 25.0 Å². The van der Waals surface area contributed by atoms with E-state index in [9.17, 15) is 14.0 Å². The van der Waals surface area contributed by atoms with Crippen LogP contribution in [-0.2, 0) is 14.3 Å². The van der Waals surface area contributed by atoms with E-state index in [1.807, 2.05) is 0 Å². The molecular formula is C15H19FN2O4. The van der Waals surface area contributed by atoms with Gasteiger partial charge in [0.25, 0.3) is 5.91 Å². The van der Waals surface area contributed by atoms with Gasteiger partial charge in [-0.15, -0.1) is 0 Å². The third-order valence-corrected chi connectivity index (χ3v) is 3.57. The van der Waals surface area contributed by atoms with Gasteiger partial charge in [-0.3, -0.25) is 9.59 Å². The maximum absolute atomic E-state index is 13.5. The first-order chi connectivity index (χ1) is 10.5. The average Bonchev–Trinajstić information content (AvgIpc) is 2.50. The van der Waals surface area contributed by atoms with Crippen LogP contribution in [0.2, 0.25) is 0 Å². The Morgan fingerprint density at radius 1 is 1.55 bits per heavy atom. The highest BCUT2D eigenvalue weighted by Crippen LogP contribution is 2.29. The fourth-order valence-corrected chi connectivity index (χ4v) is 2.41. The van der Waals surface area contributed by atoms with Gasteiger partial charge in [0, 0.05) is 20.2 Å². The molecule has 1 aliphatic rings. The van der Waals surface area contributed by atoms with Crippen molar-refractivity contribution in [3.05, 3.63) is 35.6 Å². The number of benzene rings is 1. The monoisotopic (exact) mass is 310 g/mol. The first kappa shape index (κ1) is 16.4. The molecule has 0 bridgehead atoms. The summed E-state index contributed by atoms with van der Waals surface area (Å²) in [5.41, 5.74) is 0.498. The van der Waals surface area contributed by atoms with Gasteiger partial charge in [-0.05, 0) is 24.1 Å². The Labute approximate surface area is 127 Å². The van der Waals surface area contributed by atoms with E-state index in [4.69, 9.17) is 9.84 Å². The second-order valence-corrected chi connectivity index (χ2v) is 5.10. The van der Waals surface area contributed by atoms with Crippen LogP contribution >= 0.6 is 0 Å². The third kappa shape index (κ3) is 3.61. The average molecular weight is 310 g/mol. The number of carbonyl (C=O) groups excluding carboxylic acids is 2. The molecule has 2 unspecified atom stereocenters. The first-order valence-corrected chi connectivity index (χ1v) is 7.06. The molecule has 6 nitrogen and oxygen atoms in total. The highest BCUT2D eigenvalue weighted by Gasteiger charge is 2.39. The molecular weight excluding hydrogens is 291 g/mol. The number of aliphatic hydroxyl groups is 1. The number of rotatable bonds is 5. The van der Waals surface area contributed by atoms with Crippen LogP contribution in [-0.4, -0.2) is 54.7 Å². The molecule has 1 aliphatic heterocycles. The van der Waals surface area contributed by atoms with Crippen molar-refractivity contribution < 1.29 is 23.8 Å². The standard InChI is InChI=1S/C15H19FN2O4/c1-18-12(20)9-22-14(15(21)17-6-3-7-19)13(18)10-4-2-5-11(16)8-10/h2,4-5,8,13-14,19H,3,6-7,9H2,1H3,(H,17,21). The predicted molar refractivity (Wildman–Crippen MR) is 76.4 cm³/mol. The second kappa shape index (κ2) is 7.33. The van der Waals surface area contributed by atoms with E-state index in [1.54, 1.807) is 13.1 Å². The Kier molecular flexibility index (Phi) is 5.46. The summed E-state index contributed by atoms with van der Waals surface area (Å²) in [7, 11) is 1.56. The Morgan fingerprint density at radius 3 is 3.00 bits per heavy atom. The van der Waals surface area contributed by atoms with E-state index in [0.29, 0.717) is 18.5 Å². The smallest absolute Gasteiger partial charge is 0.251 e. The lowest BCUT2D eigenvalue weighted by atomic mass is 9.97. The van der Waals surface area contributed by atoms with Crippen LogP contribution in [0.1, 0.15) is 18.0 Å². The zero-order valence-electron chi connectivity index (χ0n) is 12.3. The predicted octanol–water partition coefficient (Wildman–Crippen LogP) is 0.223. The molecule has 2 N–H and O–H groups in total. The van der Waals surface area contributed by atoms with E-state index in [1.165, 1.54) is 23.1 Å². The molecule has 1 saturated heterocycles. The van der Waals surface area contributed by atoms with Crippen LogP contribution in [0.4, 0.5) is 4.39 Å². The Balaban J connectivity index is 2.22. The lowest BCUT2D eigenvalue weighted by molar-refractivity contribution is -0.162.